The molecule has 0 radical (unpaired) electrons. The highest BCUT2D eigenvalue weighted by Crippen LogP contribution is 2.11. The van der Waals surface area contributed by atoms with Crippen LogP contribution in [0.15, 0.2) is 42.7 Å². The molecular weight excluding hydrogens is 264 g/mol. The zero-order valence-electron chi connectivity index (χ0n) is 12.4. The fraction of sp³-hybridized carbons (Fsp3) is 0.312. The number of nitrogens with one attached hydrogen (secondary N) is 1. The molecule has 2 heterocycles. The Kier molecular flexibility index (Phi) is 5.26. The minimum absolute atomic E-state index is 0.00953. The minimum Gasteiger partial charge on any atom is -0.370 e. The maximum atomic E-state index is 12.6. The summed E-state index contributed by atoms with van der Waals surface area (Å²) in [6.07, 6.45) is 3.39. The fourth-order valence-electron chi connectivity index (χ4n) is 2.04. The van der Waals surface area contributed by atoms with Gasteiger partial charge in [0.1, 0.15) is 5.82 Å². The lowest BCUT2D eigenvalue weighted by atomic mass is 10.2. The van der Waals surface area contributed by atoms with Crippen LogP contribution in [0.1, 0.15) is 29.9 Å². The van der Waals surface area contributed by atoms with Crippen LogP contribution in [-0.4, -0.2) is 33.9 Å². The zero-order chi connectivity index (χ0) is 15.1. The molecule has 0 aliphatic carbocycles. The van der Waals surface area contributed by atoms with E-state index in [1.54, 1.807) is 29.4 Å². The molecule has 0 aromatic carbocycles. The lowest BCUT2D eigenvalue weighted by Gasteiger charge is -2.20. The second kappa shape index (κ2) is 7.38. The number of hydrogen-bond acceptors (Lipinski definition) is 4. The zero-order valence-corrected chi connectivity index (χ0v) is 12.4. The summed E-state index contributed by atoms with van der Waals surface area (Å²) in [7, 11) is 0. The van der Waals surface area contributed by atoms with Crippen molar-refractivity contribution in [2.75, 3.05) is 18.4 Å². The number of carbonyl (C=O) groups excluding carboxylic acids is 1. The largest absolute Gasteiger partial charge is 0.370 e. The van der Waals surface area contributed by atoms with Gasteiger partial charge in [0.2, 0.25) is 0 Å². The third-order valence-electron chi connectivity index (χ3n) is 3.11. The van der Waals surface area contributed by atoms with Gasteiger partial charge in [-0.3, -0.25) is 9.78 Å². The van der Waals surface area contributed by atoms with Crippen molar-refractivity contribution in [3.63, 3.8) is 0 Å². The van der Waals surface area contributed by atoms with E-state index in [1.807, 2.05) is 32.0 Å². The molecule has 0 fully saturated rings. The van der Waals surface area contributed by atoms with E-state index < -0.39 is 0 Å². The lowest BCUT2D eigenvalue weighted by molar-refractivity contribution is 0.0750. The molecule has 2 rings (SSSR count). The summed E-state index contributed by atoms with van der Waals surface area (Å²) < 4.78 is 0. The molecule has 5 nitrogen and oxygen atoms in total. The molecule has 2 aromatic heterocycles. The summed E-state index contributed by atoms with van der Waals surface area (Å²) in [5.74, 6) is 0.710. The summed E-state index contributed by atoms with van der Waals surface area (Å²) in [6, 6.07) is 9.24. The van der Waals surface area contributed by atoms with E-state index >= 15 is 0 Å². The van der Waals surface area contributed by atoms with Gasteiger partial charge >= 0.3 is 0 Å². The van der Waals surface area contributed by atoms with E-state index in [2.05, 4.69) is 15.3 Å². The molecule has 2 aromatic rings. The molecule has 0 saturated heterocycles. The van der Waals surface area contributed by atoms with Gasteiger partial charge in [-0.15, -0.1) is 0 Å². The highest BCUT2D eigenvalue weighted by Gasteiger charge is 2.15. The first-order chi connectivity index (χ1) is 10.2. The van der Waals surface area contributed by atoms with Gasteiger partial charge in [-0.2, -0.15) is 0 Å². The Hall–Kier alpha value is -2.43. The molecule has 0 aliphatic heterocycles. The van der Waals surface area contributed by atoms with E-state index in [4.69, 9.17) is 0 Å². The van der Waals surface area contributed by atoms with Gasteiger partial charge in [-0.25, -0.2) is 4.98 Å². The van der Waals surface area contributed by atoms with Crippen LogP contribution in [0.4, 0.5) is 5.82 Å². The van der Waals surface area contributed by atoms with E-state index in [0.717, 1.165) is 18.1 Å². The Labute approximate surface area is 125 Å². The van der Waals surface area contributed by atoms with Crippen molar-refractivity contribution in [2.24, 2.45) is 0 Å². The van der Waals surface area contributed by atoms with Crippen molar-refractivity contribution < 1.29 is 4.79 Å². The summed E-state index contributed by atoms with van der Waals surface area (Å²) in [6.45, 7) is 5.88. The number of aromatic nitrogens is 2. The summed E-state index contributed by atoms with van der Waals surface area (Å²) in [4.78, 5) is 22.8. The van der Waals surface area contributed by atoms with Gasteiger partial charge in [0.05, 0.1) is 12.2 Å². The Morgan fingerprint density at radius 2 is 2.05 bits per heavy atom. The fourth-order valence-corrected chi connectivity index (χ4v) is 2.04. The molecular formula is C16H20N4O. The minimum atomic E-state index is -0.00953. The number of anilines is 1. The van der Waals surface area contributed by atoms with Crippen LogP contribution in [-0.2, 0) is 6.54 Å². The number of hydrogen-bond donors (Lipinski definition) is 1. The van der Waals surface area contributed by atoms with Crippen molar-refractivity contribution >= 4 is 11.7 Å². The highest BCUT2D eigenvalue weighted by atomic mass is 16.2. The third kappa shape index (κ3) is 4.02. The average Bonchev–Trinajstić information content (AvgIpc) is 2.53. The maximum absolute atomic E-state index is 12.6. The van der Waals surface area contributed by atoms with E-state index in [1.165, 1.54) is 0 Å². The van der Waals surface area contributed by atoms with Gasteiger partial charge in [0, 0.05) is 31.0 Å². The molecule has 1 amide bonds. The number of rotatable bonds is 6. The smallest absolute Gasteiger partial charge is 0.254 e. The number of nitrogens with zero attached hydrogens (tertiary/aromatic N) is 3. The average molecular weight is 284 g/mol. The molecule has 0 unspecified atom stereocenters. The van der Waals surface area contributed by atoms with E-state index in [-0.39, 0.29) is 5.91 Å². The van der Waals surface area contributed by atoms with Gasteiger partial charge < -0.3 is 10.2 Å². The SMILES string of the molecule is CCNc1cc(C(=O)N(CC)Cc2ccccn2)ccn1. The monoisotopic (exact) mass is 284 g/mol. The van der Waals surface area contributed by atoms with Crippen LogP contribution in [0.3, 0.4) is 0 Å². The predicted octanol–water partition coefficient (Wildman–Crippen LogP) is 2.57. The van der Waals surface area contributed by atoms with Gasteiger partial charge in [0.15, 0.2) is 0 Å². The molecule has 0 atom stereocenters. The van der Waals surface area contributed by atoms with Crippen molar-refractivity contribution in [2.45, 2.75) is 20.4 Å². The Balaban J connectivity index is 2.14. The third-order valence-corrected chi connectivity index (χ3v) is 3.11. The standard InChI is InChI=1S/C16H20N4O/c1-3-17-15-11-13(8-10-19-15)16(21)20(4-2)12-14-7-5-6-9-18-14/h5-11H,3-4,12H2,1-2H3,(H,17,19). The van der Waals surface area contributed by atoms with Gasteiger partial charge in [-0.05, 0) is 38.1 Å². The van der Waals surface area contributed by atoms with Crippen LogP contribution in [0, 0.1) is 0 Å². The van der Waals surface area contributed by atoms with Crippen LogP contribution >= 0.6 is 0 Å². The van der Waals surface area contributed by atoms with Crippen molar-refractivity contribution in [1.82, 2.24) is 14.9 Å². The number of amides is 1. The van der Waals surface area contributed by atoms with E-state index in [9.17, 15) is 4.79 Å². The second-order valence-electron chi connectivity index (χ2n) is 4.60. The van der Waals surface area contributed by atoms with Crippen molar-refractivity contribution in [3.05, 3.63) is 54.0 Å². The Morgan fingerprint density at radius 1 is 1.19 bits per heavy atom. The number of carbonyl (C=O) groups is 1. The van der Waals surface area contributed by atoms with Crippen molar-refractivity contribution in [3.8, 4) is 0 Å². The van der Waals surface area contributed by atoms with Crippen LogP contribution in [0.25, 0.3) is 0 Å². The number of pyridine rings is 2. The normalized spacial score (nSPS) is 10.2. The van der Waals surface area contributed by atoms with Crippen molar-refractivity contribution in [1.29, 1.82) is 0 Å². The summed E-state index contributed by atoms with van der Waals surface area (Å²) in [5.41, 5.74) is 1.52. The Bertz CT molecular complexity index is 586. The molecule has 0 spiro atoms. The molecule has 5 heteroatoms. The lowest BCUT2D eigenvalue weighted by Crippen LogP contribution is -2.30. The first-order valence-corrected chi connectivity index (χ1v) is 7.13. The van der Waals surface area contributed by atoms with Crippen LogP contribution < -0.4 is 5.32 Å². The summed E-state index contributed by atoms with van der Waals surface area (Å²) >= 11 is 0. The molecule has 0 saturated carbocycles. The maximum Gasteiger partial charge on any atom is 0.254 e. The molecule has 0 aliphatic rings. The predicted molar refractivity (Wildman–Crippen MR) is 83.1 cm³/mol. The first-order valence-electron chi connectivity index (χ1n) is 7.13. The van der Waals surface area contributed by atoms with Gasteiger partial charge in [0.25, 0.3) is 5.91 Å². The first kappa shape index (κ1) is 15.0. The molecule has 110 valence electrons. The molecule has 1 N–H and O–H groups in total. The van der Waals surface area contributed by atoms with Gasteiger partial charge in [-0.1, -0.05) is 6.07 Å². The second-order valence-corrected chi connectivity index (χ2v) is 4.60. The van der Waals surface area contributed by atoms with Crippen LogP contribution in [0.5, 0.6) is 0 Å². The highest BCUT2D eigenvalue weighted by molar-refractivity contribution is 5.94. The topological polar surface area (TPSA) is 58.1 Å². The summed E-state index contributed by atoms with van der Waals surface area (Å²) in [5, 5.41) is 3.12. The molecule has 21 heavy (non-hydrogen) atoms. The molecule has 0 bridgehead atoms. The quantitative estimate of drug-likeness (QED) is 0.885. The van der Waals surface area contributed by atoms with E-state index in [0.29, 0.717) is 18.7 Å². The Morgan fingerprint density at radius 3 is 2.71 bits per heavy atom. The van der Waals surface area contributed by atoms with Crippen LogP contribution in [0.2, 0.25) is 0 Å².